The van der Waals surface area contributed by atoms with Gasteiger partial charge in [0.25, 0.3) is 0 Å². The van der Waals surface area contributed by atoms with Gasteiger partial charge in [0.2, 0.25) is 0 Å². The lowest BCUT2D eigenvalue weighted by Crippen LogP contribution is -2.34. The summed E-state index contributed by atoms with van der Waals surface area (Å²) in [6, 6.07) is 12.2. The zero-order valence-electron chi connectivity index (χ0n) is 14.6. The average Bonchev–Trinajstić information content (AvgIpc) is 3.36. The molecule has 27 heavy (non-hydrogen) atoms. The van der Waals surface area contributed by atoms with Gasteiger partial charge in [0.05, 0.1) is 10.7 Å². The Morgan fingerprint density at radius 1 is 1.04 bits per heavy atom. The van der Waals surface area contributed by atoms with E-state index in [0.717, 1.165) is 45.3 Å². The molecule has 5 rings (SSSR count). The molecule has 0 fully saturated rings. The van der Waals surface area contributed by atoms with Crippen LogP contribution in [0.2, 0.25) is 0 Å². The molecule has 0 saturated carbocycles. The van der Waals surface area contributed by atoms with E-state index in [2.05, 4.69) is 26.7 Å². The number of hydrogen-bond donors (Lipinski definition) is 1. The van der Waals surface area contributed by atoms with Gasteiger partial charge in [0.1, 0.15) is 18.0 Å². The molecule has 3 heterocycles. The number of allylic oxidation sites excluding steroid dienone is 4. The van der Waals surface area contributed by atoms with Crippen molar-refractivity contribution in [2.45, 2.75) is 12.8 Å². The molecule has 2 aliphatic rings. The lowest BCUT2D eigenvalue weighted by atomic mass is 10.0. The molecule has 1 N–H and O–H groups in total. The number of aromatic nitrogens is 3. The SMILES string of the molecule is FC1=CCC(=c2ncn(-c3ccccc3)c2=C2CC=Nc3[nH]ccc32)C=C1. The van der Waals surface area contributed by atoms with Gasteiger partial charge in [0.15, 0.2) is 0 Å². The van der Waals surface area contributed by atoms with Crippen LogP contribution in [0.1, 0.15) is 18.4 Å². The van der Waals surface area contributed by atoms with E-state index in [1.165, 1.54) is 6.08 Å². The van der Waals surface area contributed by atoms with E-state index in [9.17, 15) is 4.39 Å². The molecule has 1 aliphatic carbocycles. The van der Waals surface area contributed by atoms with Gasteiger partial charge in [-0.3, -0.25) is 4.57 Å². The molecule has 5 heteroatoms. The molecule has 4 nitrogen and oxygen atoms in total. The summed E-state index contributed by atoms with van der Waals surface area (Å²) in [6.07, 6.45) is 11.8. The molecule has 1 aliphatic heterocycles. The molecular weight excluding hydrogens is 339 g/mol. The number of fused-ring (bicyclic) bond motifs is 1. The van der Waals surface area contributed by atoms with Gasteiger partial charge >= 0.3 is 0 Å². The molecule has 0 bridgehead atoms. The summed E-state index contributed by atoms with van der Waals surface area (Å²) in [6.45, 7) is 0. The maximum Gasteiger partial charge on any atom is 0.137 e. The van der Waals surface area contributed by atoms with E-state index in [0.29, 0.717) is 6.42 Å². The van der Waals surface area contributed by atoms with Crippen LogP contribution in [0.5, 0.6) is 0 Å². The Kier molecular flexibility index (Phi) is 3.71. The number of aromatic amines is 1. The van der Waals surface area contributed by atoms with Crippen molar-refractivity contribution in [2.75, 3.05) is 0 Å². The third-order valence-electron chi connectivity index (χ3n) is 4.92. The van der Waals surface area contributed by atoms with Crippen LogP contribution in [-0.4, -0.2) is 20.7 Å². The van der Waals surface area contributed by atoms with Crippen molar-refractivity contribution in [2.24, 2.45) is 4.99 Å². The van der Waals surface area contributed by atoms with Crippen molar-refractivity contribution in [1.29, 1.82) is 0 Å². The first-order valence-electron chi connectivity index (χ1n) is 8.90. The van der Waals surface area contributed by atoms with Gasteiger partial charge in [0, 0.05) is 30.1 Å². The van der Waals surface area contributed by atoms with Gasteiger partial charge in [-0.2, -0.15) is 0 Å². The predicted octanol–water partition coefficient (Wildman–Crippen LogP) is 3.47. The fourth-order valence-electron chi connectivity index (χ4n) is 3.63. The van der Waals surface area contributed by atoms with Crippen LogP contribution in [0.25, 0.3) is 16.8 Å². The third-order valence-corrected chi connectivity index (χ3v) is 4.92. The summed E-state index contributed by atoms with van der Waals surface area (Å²) in [5, 5.41) is 1.92. The number of halogens is 1. The van der Waals surface area contributed by atoms with Crippen LogP contribution in [0.3, 0.4) is 0 Å². The first-order chi connectivity index (χ1) is 13.3. The van der Waals surface area contributed by atoms with Crippen molar-refractivity contribution in [3.8, 4) is 5.69 Å². The second-order valence-corrected chi connectivity index (χ2v) is 6.53. The predicted molar refractivity (Wildman–Crippen MR) is 105 cm³/mol. The van der Waals surface area contributed by atoms with Gasteiger partial charge in [-0.15, -0.1) is 0 Å². The maximum absolute atomic E-state index is 13.5. The van der Waals surface area contributed by atoms with Crippen LogP contribution in [0, 0.1) is 0 Å². The highest BCUT2D eigenvalue weighted by Gasteiger charge is 2.17. The number of imidazole rings is 1. The van der Waals surface area contributed by atoms with Gasteiger partial charge in [-0.05, 0) is 47.9 Å². The standard InChI is InChI=1S/C22H17FN4/c23-16-8-6-15(7-9-16)20-21(18-10-12-24-22-19(18)11-13-25-22)27(14-26-20)17-4-2-1-3-5-17/h1-6,8-9,11-14,25H,7,10H2. The minimum absolute atomic E-state index is 0.201. The van der Waals surface area contributed by atoms with Crippen molar-refractivity contribution in [3.63, 3.8) is 0 Å². The molecule has 0 atom stereocenters. The Morgan fingerprint density at radius 3 is 2.74 bits per heavy atom. The lowest BCUT2D eigenvalue weighted by Gasteiger charge is -2.12. The molecule has 0 radical (unpaired) electrons. The molecule has 0 spiro atoms. The largest absolute Gasteiger partial charge is 0.346 e. The van der Waals surface area contributed by atoms with Crippen LogP contribution in [0.15, 0.2) is 78.0 Å². The first-order valence-corrected chi connectivity index (χ1v) is 8.90. The second kappa shape index (κ2) is 6.36. The molecule has 0 saturated heterocycles. The van der Waals surface area contributed by atoms with Crippen molar-refractivity contribution in [3.05, 3.63) is 89.2 Å². The Bertz CT molecular complexity index is 1220. The highest BCUT2D eigenvalue weighted by Crippen LogP contribution is 2.28. The zero-order chi connectivity index (χ0) is 18.2. The van der Waals surface area contributed by atoms with E-state index < -0.39 is 0 Å². The smallest absolute Gasteiger partial charge is 0.137 e. The highest BCUT2D eigenvalue weighted by atomic mass is 19.1. The summed E-state index contributed by atoms with van der Waals surface area (Å²) in [5.74, 6) is 0.659. The minimum atomic E-state index is -0.201. The van der Waals surface area contributed by atoms with Crippen LogP contribution < -0.4 is 10.7 Å². The molecule has 2 aromatic heterocycles. The summed E-state index contributed by atoms with van der Waals surface area (Å²) in [7, 11) is 0. The fraction of sp³-hybridized carbons (Fsp3) is 0.0909. The second-order valence-electron chi connectivity index (χ2n) is 6.53. The summed E-state index contributed by atoms with van der Waals surface area (Å²) < 4.78 is 15.6. The van der Waals surface area contributed by atoms with E-state index in [1.54, 1.807) is 6.08 Å². The van der Waals surface area contributed by atoms with E-state index in [1.807, 2.05) is 49.1 Å². The molecule has 1 aromatic carbocycles. The van der Waals surface area contributed by atoms with E-state index in [-0.39, 0.29) is 5.83 Å². The van der Waals surface area contributed by atoms with Gasteiger partial charge in [-0.1, -0.05) is 24.3 Å². The summed E-state index contributed by atoms with van der Waals surface area (Å²) in [5.41, 5.74) is 4.29. The Hall–Kier alpha value is -3.47. The number of H-pyrrole nitrogens is 1. The maximum atomic E-state index is 13.5. The third kappa shape index (κ3) is 2.68. The lowest BCUT2D eigenvalue weighted by molar-refractivity contribution is 0.661. The highest BCUT2D eigenvalue weighted by molar-refractivity contribution is 5.88. The van der Waals surface area contributed by atoms with Crippen LogP contribution >= 0.6 is 0 Å². The number of nitrogens with zero attached hydrogens (tertiary/aromatic N) is 3. The topological polar surface area (TPSA) is 46.0 Å². The minimum Gasteiger partial charge on any atom is -0.346 e. The number of benzene rings is 1. The molecular formula is C22H17FN4. The average molecular weight is 356 g/mol. The molecule has 132 valence electrons. The molecule has 0 amide bonds. The quantitative estimate of drug-likeness (QED) is 0.713. The normalized spacial score (nSPS) is 19.8. The monoisotopic (exact) mass is 356 g/mol. The summed E-state index contributed by atoms with van der Waals surface area (Å²) in [4.78, 5) is 12.4. The Morgan fingerprint density at radius 2 is 1.93 bits per heavy atom. The number of para-hydroxylation sites is 1. The summed E-state index contributed by atoms with van der Waals surface area (Å²) >= 11 is 0. The number of aliphatic imine (C=N–C) groups is 1. The number of hydrogen-bond acceptors (Lipinski definition) is 2. The van der Waals surface area contributed by atoms with Gasteiger partial charge in [-0.25, -0.2) is 14.4 Å². The van der Waals surface area contributed by atoms with Crippen molar-refractivity contribution < 1.29 is 4.39 Å². The fourth-order valence-corrected chi connectivity index (χ4v) is 3.63. The first kappa shape index (κ1) is 15.8. The zero-order valence-corrected chi connectivity index (χ0v) is 14.6. The van der Waals surface area contributed by atoms with Crippen LogP contribution in [-0.2, 0) is 0 Å². The Balaban J connectivity index is 1.88. The van der Waals surface area contributed by atoms with Gasteiger partial charge < -0.3 is 4.98 Å². The van der Waals surface area contributed by atoms with Crippen molar-refractivity contribution in [1.82, 2.24) is 14.5 Å². The number of nitrogens with one attached hydrogen (secondary N) is 1. The van der Waals surface area contributed by atoms with Crippen LogP contribution in [0.4, 0.5) is 10.2 Å². The number of rotatable bonds is 1. The van der Waals surface area contributed by atoms with E-state index >= 15 is 0 Å². The Labute approximate surface area is 155 Å². The molecule has 0 unspecified atom stereocenters. The van der Waals surface area contributed by atoms with E-state index in [4.69, 9.17) is 4.98 Å². The van der Waals surface area contributed by atoms with Crippen molar-refractivity contribution >= 4 is 23.2 Å². The molecule has 3 aromatic rings.